The van der Waals surface area contributed by atoms with Gasteiger partial charge in [0.1, 0.15) is 0 Å². The summed E-state index contributed by atoms with van der Waals surface area (Å²) in [5, 5.41) is 8.43. The Balaban J connectivity index is 2.03. The Morgan fingerprint density at radius 3 is 2.56 bits per heavy atom. The number of halogens is 2. The second kappa shape index (κ2) is 6.74. The van der Waals surface area contributed by atoms with E-state index in [9.17, 15) is 13.6 Å². The summed E-state index contributed by atoms with van der Waals surface area (Å²) >= 11 is 0. The minimum Gasteiger partial charge on any atom is -0.365 e. The van der Waals surface area contributed by atoms with Gasteiger partial charge in [0.25, 0.3) is 5.91 Å². The smallest absolute Gasteiger partial charge is 0.252 e. The molecule has 1 aliphatic heterocycles. The number of benzene rings is 1. The number of hydrogen-bond acceptors (Lipinski definition) is 4. The van der Waals surface area contributed by atoms with Crippen molar-refractivity contribution < 1.29 is 13.6 Å². The zero-order valence-electron chi connectivity index (χ0n) is 14.0. The first-order chi connectivity index (χ1) is 11.9. The predicted molar refractivity (Wildman–Crippen MR) is 91.7 cm³/mol. The summed E-state index contributed by atoms with van der Waals surface area (Å²) in [7, 11) is 0. The van der Waals surface area contributed by atoms with Crippen molar-refractivity contribution in [2.24, 2.45) is 5.73 Å². The normalized spacial score (nSPS) is 17.2. The molecule has 25 heavy (non-hydrogen) atoms. The molecule has 1 aromatic heterocycles. The van der Waals surface area contributed by atoms with Crippen LogP contribution in [0.25, 0.3) is 11.3 Å². The highest BCUT2D eigenvalue weighted by Gasteiger charge is 2.33. The fourth-order valence-electron chi connectivity index (χ4n) is 3.17. The molecule has 5 nitrogen and oxygen atoms in total. The van der Waals surface area contributed by atoms with Gasteiger partial charge in [-0.25, -0.2) is 8.78 Å². The van der Waals surface area contributed by atoms with Crippen molar-refractivity contribution in [3.05, 3.63) is 41.5 Å². The molecular weight excluding hydrogens is 326 g/mol. The fraction of sp³-hybridized carbons (Fsp3) is 0.389. The van der Waals surface area contributed by atoms with Crippen molar-refractivity contribution in [2.45, 2.75) is 32.1 Å². The lowest BCUT2D eigenvalue weighted by molar-refractivity contribution is -0.0102. The molecule has 2 N–H and O–H groups in total. The van der Waals surface area contributed by atoms with Crippen LogP contribution in [-0.2, 0) is 0 Å². The molecule has 0 bridgehead atoms. The minimum atomic E-state index is -2.69. The van der Waals surface area contributed by atoms with Crippen LogP contribution in [0, 0.1) is 6.92 Å². The average molecular weight is 346 g/mol. The Hall–Kier alpha value is -2.57. The zero-order chi connectivity index (χ0) is 18.0. The number of anilines is 1. The molecule has 0 saturated carbocycles. The van der Waals surface area contributed by atoms with E-state index in [1.807, 2.05) is 30.3 Å². The SMILES string of the molecule is Cc1c(-c2ccccc2)nnc(N2CCCC(F)(F)CC2)c1C(N)=O. The molecule has 2 aromatic rings. The molecule has 1 fully saturated rings. The fourth-order valence-corrected chi connectivity index (χ4v) is 3.17. The highest BCUT2D eigenvalue weighted by molar-refractivity contribution is 6.00. The maximum absolute atomic E-state index is 13.6. The minimum absolute atomic E-state index is 0.117. The molecule has 2 heterocycles. The van der Waals surface area contributed by atoms with Crippen molar-refractivity contribution in [3.8, 4) is 11.3 Å². The monoisotopic (exact) mass is 346 g/mol. The molecule has 1 aromatic carbocycles. The maximum Gasteiger partial charge on any atom is 0.252 e. The number of aromatic nitrogens is 2. The maximum atomic E-state index is 13.6. The van der Waals surface area contributed by atoms with Gasteiger partial charge >= 0.3 is 0 Å². The van der Waals surface area contributed by atoms with E-state index in [1.54, 1.807) is 11.8 Å². The van der Waals surface area contributed by atoms with E-state index in [0.29, 0.717) is 30.0 Å². The lowest BCUT2D eigenvalue weighted by Gasteiger charge is -2.24. The summed E-state index contributed by atoms with van der Waals surface area (Å²) in [5.74, 6) is -3.02. The molecule has 3 rings (SSSR count). The molecule has 1 saturated heterocycles. The molecule has 7 heteroatoms. The Bertz CT molecular complexity index is 780. The third-order valence-corrected chi connectivity index (χ3v) is 4.51. The number of rotatable bonds is 3. The van der Waals surface area contributed by atoms with Gasteiger partial charge in [0.05, 0.1) is 11.3 Å². The number of carbonyl (C=O) groups is 1. The van der Waals surface area contributed by atoms with E-state index in [-0.39, 0.29) is 24.9 Å². The lowest BCUT2D eigenvalue weighted by atomic mass is 10.0. The van der Waals surface area contributed by atoms with Crippen molar-refractivity contribution in [1.29, 1.82) is 0 Å². The summed E-state index contributed by atoms with van der Waals surface area (Å²) in [6.45, 7) is 2.27. The second-order valence-corrected chi connectivity index (χ2v) is 6.30. The Morgan fingerprint density at radius 2 is 1.88 bits per heavy atom. The standard InChI is InChI=1S/C18H20F2N4O/c1-12-14(16(21)25)17(24-10-5-8-18(19,20)9-11-24)23-22-15(12)13-6-3-2-4-7-13/h2-4,6-7H,5,8-11H2,1H3,(H2,21,25). The van der Waals surface area contributed by atoms with Crippen LogP contribution in [0.4, 0.5) is 14.6 Å². The highest BCUT2D eigenvalue weighted by atomic mass is 19.3. The van der Waals surface area contributed by atoms with Crippen LogP contribution >= 0.6 is 0 Å². The van der Waals surface area contributed by atoms with Gasteiger partial charge in [-0.3, -0.25) is 4.79 Å². The number of hydrogen-bond donors (Lipinski definition) is 1. The summed E-state index contributed by atoms with van der Waals surface area (Å²) in [6.07, 6.45) is -0.108. The number of nitrogens with two attached hydrogens (primary N) is 1. The van der Waals surface area contributed by atoms with Crippen molar-refractivity contribution >= 4 is 11.7 Å². The predicted octanol–water partition coefficient (Wildman–Crippen LogP) is 3.18. The first kappa shape index (κ1) is 17.3. The van der Waals surface area contributed by atoms with E-state index < -0.39 is 11.8 Å². The molecular formula is C18H20F2N4O. The molecule has 1 amide bonds. The van der Waals surface area contributed by atoms with E-state index in [2.05, 4.69) is 10.2 Å². The van der Waals surface area contributed by atoms with Crippen LogP contribution in [0.15, 0.2) is 30.3 Å². The number of nitrogens with zero attached hydrogens (tertiary/aromatic N) is 3. The van der Waals surface area contributed by atoms with Gasteiger partial charge in [-0.15, -0.1) is 10.2 Å². The summed E-state index contributed by atoms with van der Waals surface area (Å²) in [6, 6.07) is 9.35. The van der Waals surface area contributed by atoms with E-state index in [1.165, 1.54) is 0 Å². The van der Waals surface area contributed by atoms with Crippen LogP contribution in [-0.4, -0.2) is 35.1 Å². The molecule has 0 radical (unpaired) electrons. The molecule has 1 aliphatic rings. The van der Waals surface area contributed by atoms with Gasteiger partial charge in [0.15, 0.2) is 5.82 Å². The number of alkyl halides is 2. The summed E-state index contributed by atoms with van der Waals surface area (Å²) in [4.78, 5) is 13.8. The van der Waals surface area contributed by atoms with Crippen LogP contribution in [0.3, 0.4) is 0 Å². The average Bonchev–Trinajstić information content (AvgIpc) is 2.75. The van der Waals surface area contributed by atoms with Gasteiger partial charge in [0, 0.05) is 31.5 Å². The zero-order valence-corrected chi connectivity index (χ0v) is 14.0. The Labute approximate surface area is 144 Å². The van der Waals surface area contributed by atoms with E-state index in [0.717, 1.165) is 5.56 Å². The Kier molecular flexibility index (Phi) is 4.65. The van der Waals surface area contributed by atoms with E-state index in [4.69, 9.17) is 5.73 Å². The number of carbonyl (C=O) groups excluding carboxylic acids is 1. The van der Waals surface area contributed by atoms with Crippen molar-refractivity contribution in [1.82, 2.24) is 10.2 Å². The van der Waals surface area contributed by atoms with Crippen molar-refractivity contribution in [3.63, 3.8) is 0 Å². The molecule has 0 unspecified atom stereocenters. The molecule has 0 atom stereocenters. The first-order valence-electron chi connectivity index (χ1n) is 8.24. The van der Waals surface area contributed by atoms with Gasteiger partial charge in [0.2, 0.25) is 5.92 Å². The summed E-state index contributed by atoms with van der Waals surface area (Å²) < 4.78 is 27.2. The van der Waals surface area contributed by atoms with Gasteiger partial charge in [-0.05, 0) is 18.9 Å². The molecule has 0 aliphatic carbocycles. The topological polar surface area (TPSA) is 72.1 Å². The summed E-state index contributed by atoms with van der Waals surface area (Å²) in [5.41, 5.74) is 7.83. The second-order valence-electron chi connectivity index (χ2n) is 6.30. The van der Waals surface area contributed by atoms with Gasteiger partial charge < -0.3 is 10.6 Å². The van der Waals surface area contributed by atoms with Crippen LogP contribution < -0.4 is 10.6 Å². The third kappa shape index (κ3) is 3.60. The molecule has 0 spiro atoms. The first-order valence-corrected chi connectivity index (χ1v) is 8.24. The third-order valence-electron chi connectivity index (χ3n) is 4.51. The van der Waals surface area contributed by atoms with Crippen LogP contribution in [0.5, 0.6) is 0 Å². The van der Waals surface area contributed by atoms with Gasteiger partial charge in [-0.2, -0.15) is 0 Å². The van der Waals surface area contributed by atoms with Crippen molar-refractivity contribution in [2.75, 3.05) is 18.0 Å². The highest BCUT2D eigenvalue weighted by Crippen LogP contribution is 2.32. The number of amides is 1. The van der Waals surface area contributed by atoms with Crippen LogP contribution in [0.1, 0.15) is 35.2 Å². The molecule has 132 valence electrons. The quantitative estimate of drug-likeness (QED) is 0.926. The lowest BCUT2D eigenvalue weighted by Crippen LogP contribution is -2.30. The van der Waals surface area contributed by atoms with E-state index >= 15 is 0 Å². The van der Waals surface area contributed by atoms with Crippen LogP contribution in [0.2, 0.25) is 0 Å². The van der Waals surface area contributed by atoms with Gasteiger partial charge in [-0.1, -0.05) is 30.3 Å². The largest absolute Gasteiger partial charge is 0.365 e. The number of primary amides is 1. The Morgan fingerprint density at radius 1 is 1.16 bits per heavy atom.